The minimum Gasteiger partial charge on any atom is -0.294 e. The van der Waals surface area contributed by atoms with Crippen LogP contribution in [0.25, 0.3) is 0 Å². The number of rotatable bonds is 3. The Balaban J connectivity index is 2.26. The van der Waals surface area contributed by atoms with Gasteiger partial charge in [-0.05, 0) is 29.8 Å². The molecule has 0 aliphatic heterocycles. The summed E-state index contributed by atoms with van der Waals surface area (Å²) < 4.78 is 51.9. The number of carbonyl (C=O) groups excluding carboxylic acids is 1. The van der Waals surface area contributed by atoms with Gasteiger partial charge in [0.15, 0.2) is 5.78 Å². The van der Waals surface area contributed by atoms with Crippen molar-refractivity contribution in [2.45, 2.75) is 12.6 Å². The highest BCUT2D eigenvalue weighted by Crippen LogP contribution is 2.29. The van der Waals surface area contributed by atoms with E-state index in [9.17, 15) is 22.4 Å². The molecule has 2 aromatic carbocycles. The van der Waals surface area contributed by atoms with Gasteiger partial charge in [-0.25, -0.2) is 4.39 Å². The molecular formula is C15H9BrF4O. The largest absolute Gasteiger partial charge is 0.416 e. The lowest BCUT2D eigenvalue weighted by Crippen LogP contribution is -2.09. The van der Waals surface area contributed by atoms with E-state index in [-0.39, 0.29) is 17.5 Å². The molecule has 6 heteroatoms. The minimum atomic E-state index is -4.47. The standard InChI is InChI=1S/C15H9BrF4O/c16-11-4-5-13(17)12(8-11)14(21)7-9-2-1-3-10(6-9)15(18,19)20/h1-6,8H,7H2. The molecule has 0 aliphatic rings. The molecular weight excluding hydrogens is 352 g/mol. The van der Waals surface area contributed by atoms with Crippen molar-refractivity contribution in [2.75, 3.05) is 0 Å². The lowest BCUT2D eigenvalue weighted by atomic mass is 10.0. The van der Waals surface area contributed by atoms with Gasteiger partial charge >= 0.3 is 6.18 Å². The Morgan fingerprint density at radius 3 is 2.48 bits per heavy atom. The second-order valence-corrected chi connectivity index (χ2v) is 5.34. The topological polar surface area (TPSA) is 17.1 Å². The number of Topliss-reactive ketones (excluding diaryl/α,β-unsaturated/α-hetero) is 1. The van der Waals surface area contributed by atoms with E-state index in [0.29, 0.717) is 4.47 Å². The molecule has 0 aromatic heterocycles. The van der Waals surface area contributed by atoms with Crippen LogP contribution in [0, 0.1) is 5.82 Å². The Morgan fingerprint density at radius 2 is 1.81 bits per heavy atom. The normalized spacial score (nSPS) is 11.5. The van der Waals surface area contributed by atoms with Gasteiger partial charge in [0, 0.05) is 10.9 Å². The molecule has 0 bridgehead atoms. The zero-order chi connectivity index (χ0) is 15.6. The van der Waals surface area contributed by atoms with Gasteiger partial charge in [-0.2, -0.15) is 13.2 Å². The maximum Gasteiger partial charge on any atom is 0.416 e. The fourth-order valence-corrected chi connectivity index (χ4v) is 2.21. The number of hydrogen-bond acceptors (Lipinski definition) is 1. The maximum atomic E-state index is 13.6. The summed E-state index contributed by atoms with van der Waals surface area (Å²) in [5.74, 6) is -1.27. The third kappa shape index (κ3) is 3.91. The van der Waals surface area contributed by atoms with E-state index in [1.165, 1.54) is 24.3 Å². The second kappa shape index (κ2) is 5.97. The molecule has 0 atom stereocenters. The van der Waals surface area contributed by atoms with E-state index in [4.69, 9.17) is 0 Å². The first-order chi connectivity index (χ1) is 9.77. The van der Waals surface area contributed by atoms with E-state index >= 15 is 0 Å². The SMILES string of the molecule is O=C(Cc1cccc(C(F)(F)F)c1)c1cc(Br)ccc1F. The zero-order valence-corrected chi connectivity index (χ0v) is 12.1. The summed E-state index contributed by atoms with van der Waals surface area (Å²) in [4.78, 5) is 12.0. The Hall–Kier alpha value is -1.69. The first-order valence-corrected chi connectivity index (χ1v) is 6.71. The number of ketones is 1. The van der Waals surface area contributed by atoms with Crippen molar-refractivity contribution in [1.29, 1.82) is 0 Å². The van der Waals surface area contributed by atoms with Crippen LogP contribution in [0.5, 0.6) is 0 Å². The van der Waals surface area contributed by atoms with Crippen molar-refractivity contribution in [1.82, 2.24) is 0 Å². The molecule has 0 N–H and O–H groups in total. The van der Waals surface area contributed by atoms with Crippen LogP contribution < -0.4 is 0 Å². The van der Waals surface area contributed by atoms with Crippen LogP contribution >= 0.6 is 15.9 Å². The minimum absolute atomic E-state index is 0.151. The molecule has 0 amide bonds. The summed E-state index contributed by atoms with van der Waals surface area (Å²) in [6, 6.07) is 8.33. The summed E-state index contributed by atoms with van der Waals surface area (Å²) in [5, 5.41) is 0. The number of alkyl halides is 3. The quantitative estimate of drug-likeness (QED) is 0.554. The Labute approximate surface area is 126 Å². The Bertz CT molecular complexity index is 680. The molecule has 0 spiro atoms. The molecule has 0 aliphatic carbocycles. The molecule has 0 saturated heterocycles. The van der Waals surface area contributed by atoms with Crippen LogP contribution in [0.1, 0.15) is 21.5 Å². The lowest BCUT2D eigenvalue weighted by molar-refractivity contribution is -0.137. The number of carbonyl (C=O) groups is 1. The zero-order valence-electron chi connectivity index (χ0n) is 10.5. The smallest absolute Gasteiger partial charge is 0.294 e. The van der Waals surface area contributed by atoms with Crippen LogP contribution in [-0.2, 0) is 12.6 Å². The van der Waals surface area contributed by atoms with Crippen LogP contribution in [-0.4, -0.2) is 5.78 Å². The van der Waals surface area contributed by atoms with Crippen LogP contribution in [0.15, 0.2) is 46.9 Å². The fourth-order valence-electron chi connectivity index (χ4n) is 1.85. The summed E-state index contributed by atoms with van der Waals surface area (Å²) in [6.07, 6.45) is -4.77. The lowest BCUT2D eigenvalue weighted by Gasteiger charge is -2.09. The number of benzene rings is 2. The number of hydrogen-bond donors (Lipinski definition) is 0. The second-order valence-electron chi connectivity index (χ2n) is 4.42. The fraction of sp³-hybridized carbons (Fsp3) is 0.133. The monoisotopic (exact) mass is 360 g/mol. The van der Waals surface area contributed by atoms with Crippen molar-refractivity contribution in [3.63, 3.8) is 0 Å². The van der Waals surface area contributed by atoms with Crippen molar-refractivity contribution in [2.24, 2.45) is 0 Å². The van der Waals surface area contributed by atoms with E-state index in [2.05, 4.69) is 15.9 Å². The summed E-state index contributed by atoms with van der Waals surface area (Å²) in [6.45, 7) is 0. The molecule has 1 nitrogen and oxygen atoms in total. The van der Waals surface area contributed by atoms with E-state index in [1.54, 1.807) is 0 Å². The van der Waals surface area contributed by atoms with Gasteiger partial charge in [0.2, 0.25) is 0 Å². The third-order valence-corrected chi connectivity index (χ3v) is 3.34. The van der Waals surface area contributed by atoms with Crippen LogP contribution in [0.3, 0.4) is 0 Å². The molecule has 0 fully saturated rings. The molecule has 0 unspecified atom stereocenters. The highest BCUT2D eigenvalue weighted by Gasteiger charge is 2.30. The average molecular weight is 361 g/mol. The average Bonchev–Trinajstić information content (AvgIpc) is 2.41. The first-order valence-electron chi connectivity index (χ1n) is 5.92. The van der Waals surface area contributed by atoms with Crippen molar-refractivity contribution >= 4 is 21.7 Å². The van der Waals surface area contributed by atoms with Gasteiger partial charge in [0.1, 0.15) is 5.82 Å². The third-order valence-electron chi connectivity index (χ3n) is 2.85. The van der Waals surface area contributed by atoms with E-state index in [1.807, 2.05) is 0 Å². The summed E-state index contributed by atoms with van der Waals surface area (Å²) in [7, 11) is 0. The molecule has 0 heterocycles. The van der Waals surface area contributed by atoms with Gasteiger partial charge in [-0.3, -0.25) is 4.79 Å². The van der Waals surface area contributed by atoms with Crippen molar-refractivity contribution in [3.8, 4) is 0 Å². The van der Waals surface area contributed by atoms with Gasteiger partial charge in [0.05, 0.1) is 11.1 Å². The summed E-state index contributed by atoms with van der Waals surface area (Å²) >= 11 is 3.12. The molecule has 0 radical (unpaired) electrons. The predicted octanol–water partition coefficient (Wildman–Crippen LogP) is 5.03. The van der Waals surface area contributed by atoms with Gasteiger partial charge in [0.25, 0.3) is 0 Å². The first kappa shape index (κ1) is 15.7. The van der Waals surface area contributed by atoms with E-state index < -0.39 is 23.3 Å². The molecule has 110 valence electrons. The molecule has 2 aromatic rings. The van der Waals surface area contributed by atoms with Crippen LogP contribution in [0.4, 0.5) is 17.6 Å². The Morgan fingerprint density at radius 1 is 1.10 bits per heavy atom. The van der Waals surface area contributed by atoms with Gasteiger partial charge < -0.3 is 0 Å². The molecule has 21 heavy (non-hydrogen) atoms. The molecule has 0 saturated carbocycles. The summed E-state index contributed by atoms with van der Waals surface area (Å²) in [5.41, 5.74) is -0.793. The predicted molar refractivity (Wildman–Crippen MR) is 73.6 cm³/mol. The highest BCUT2D eigenvalue weighted by atomic mass is 79.9. The van der Waals surface area contributed by atoms with Crippen molar-refractivity contribution in [3.05, 3.63) is 69.4 Å². The molecule has 2 rings (SSSR count). The van der Waals surface area contributed by atoms with Gasteiger partial charge in [-0.15, -0.1) is 0 Å². The number of halogens is 5. The van der Waals surface area contributed by atoms with Crippen LogP contribution in [0.2, 0.25) is 0 Å². The van der Waals surface area contributed by atoms with Gasteiger partial charge in [-0.1, -0.05) is 34.1 Å². The highest BCUT2D eigenvalue weighted by molar-refractivity contribution is 9.10. The van der Waals surface area contributed by atoms with Crippen molar-refractivity contribution < 1.29 is 22.4 Å². The Kier molecular flexibility index (Phi) is 4.46. The van der Waals surface area contributed by atoms with E-state index in [0.717, 1.165) is 18.2 Å². The maximum absolute atomic E-state index is 13.6.